The van der Waals surface area contributed by atoms with Crippen LogP contribution in [-0.4, -0.2) is 31.4 Å². The Balaban J connectivity index is 2.87. The van der Waals surface area contributed by atoms with Crippen molar-refractivity contribution in [3.05, 3.63) is 36.4 Å². The van der Waals surface area contributed by atoms with Gasteiger partial charge in [-0.15, -0.1) is 4.40 Å². The molecule has 0 atom stereocenters. The average molecular weight is 312 g/mol. The Morgan fingerprint density at radius 1 is 1.14 bits per heavy atom. The number of hydrogen-bond donors (Lipinski definition) is 4. The maximum Gasteiger partial charge on any atom is 0.328 e. The molecule has 1 aromatic carbocycles. The first-order chi connectivity index (χ1) is 9.70. The van der Waals surface area contributed by atoms with Gasteiger partial charge in [-0.2, -0.15) is 8.42 Å². The van der Waals surface area contributed by atoms with Crippen LogP contribution in [0.4, 0.5) is 5.69 Å². The summed E-state index contributed by atoms with van der Waals surface area (Å²) in [6.45, 7) is 0. The van der Waals surface area contributed by atoms with E-state index < -0.39 is 27.9 Å². The van der Waals surface area contributed by atoms with Gasteiger partial charge < -0.3 is 21.9 Å². The summed E-state index contributed by atoms with van der Waals surface area (Å²) in [6, 6.07) is 5.00. The minimum Gasteiger partial charge on any atom is -0.478 e. The Hall–Kier alpha value is -2.88. The monoisotopic (exact) mass is 312 g/mol. The molecule has 112 valence electrons. The number of nitrogens with two attached hydrogens (primary N) is 2. The molecule has 0 fully saturated rings. The lowest BCUT2D eigenvalue weighted by Gasteiger charge is -2.03. The van der Waals surface area contributed by atoms with Crippen LogP contribution in [-0.2, 0) is 19.6 Å². The molecule has 10 heteroatoms. The van der Waals surface area contributed by atoms with E-state index in [0.717, 1.165) is 6.08 Å². The highest BCUT2D eigenvalue weighted by atomic mass is 32.2. The molecule has 9 nitrogen and oxygen atoms in total. The van der Waals surface area contributed by atoms with Crippen LogP contribution in [0.2, 0.25) is 0 Å². The molecule has 6 N–H and O–H groups in total. The third-order valence-corrected chi connectivity index (χ3v) is 3.34. The van der Waals surface area contributed by atoms with Crippen LogP contribution in [0.1, 0.15) is 0 Å². The molecule has 0 saturated carbocycles. The maximum atomic E-state index is 11.6. The van der Waals surface area contributed by atoms with Crippen molar-refractivity contribution >= 4 is 33.5 Å². The number of benzene rings is 1. The van der Waals surface area contributed by atoms with E-state index in [4.69, 9.17) is 16.6 Å². The zero-order valence-electron chi connectivity index (χ0n) is 10.6. The van der Waals surface area contributed by atoms with Crippen molar-refractivity contribution in [2.75, 3.05) is 5.32 Å². The highest BCUT2D eigenvalue weighted by Gasteiger charge is 2.12. The fraction of sp³-hybridized carbons (Fsp3) is 0. The molecule has 0 aliphatic rings. The van der Waals surface area contributed by atoms with Crippen LogP contribution in [0.15, 0.2) is 45.7 Å². The number of carboxylic acids is 1. The van der Waals surface area contributed by atoms with Crippen LogP contribution in [0.3, 0.4) is 0 Å². The van der Waals surface area contributed by atoms with E-state index in [0.29, 0.717) is 6.08 Å². The van der Waals surface area contributed by atoms with Crippen LogP contribution >= 0.6 is 0 Å². The minimum atomic E-state index is -3.99. The third kappa shape index (κ3) is 5.32. The number of carbonyl (C=O) groups is 2. The van der Waals surface area contributed by atoms with E-state index in [1.54, 1.807) is 0 Å². The van der Waals surface area contributed by atoms with Gasteiger partial charge >= 0.3 is 5.97 Å². The van der Waals surface area contributed by atoms with E-state index >= 15 is 0 Å². The molecule has 0 aromatic heterocycles. The zero-order chi connectivity index (χ0) is 16.0. The van der Waals surface area contributed by atoms with Crippen molar-refractivity contribution in [1.82, 2.24) is 0 Å². The Kier molecular flexibility index (Phi) is 5.02. The van der Waals surface area contributed by atoms with Crippen molar-refractivity contribution in [3.8, 4) is 0 Å². The van der Waals surface area contributed by atoms with E-state index in [2.05, 4.69) is 9.71 Å². The van der Waals surface area contributed by atoms with Gasteiger partial charge in [0.15, 0.2) is 0 Å². The van der Waals surface area contributed by atoms with Gasteiger partial charge in [-0.3, -0.25) is 4.79 Å². The van der Waals surface area contributed by atoms with Gasteiger partial charge in [0, 0.05) is 17.8 Å². The number of hydrogen-bond acceptors (Lipinski definition) is 4. The predicted molar refractivity (Wildman–Crippen MR) is 74.8 cm³/mol. The number of nitrogens with zero attached hydrogens (tertiary/aromatic N) is 1. The van der Waals surface area contributed by atoms with Gasteiger partial charge in [-0.1, -0.05) is 0 Å². The largest absolute Gasteiger partial charge is 0.478 e. The van der Waals surface area contributed by atoms with Crippen LogP contribution in [0, 0.1) is 0 Å². The SMILES string of the molecule is NC(N)=NS(=O)(=O)c1ccc(NC(=O)/C=C/C(=O)O)cc1. The number of nitrogens with one attached hydrogen (secondary N) is 1. The molecule has 0 spiro atoms. The second-order valence-electron chi connectivity index (χ2n) is 3.68. The number of aliphatic carboxylic acids is 1. The van der Waals surface area contributed by atoms with Crippen molar-refractivity contribution < 1.29 is 23.1 Å². The quantitative estimate of drug-likeness (QED) is 0.314. The number of carbonyl (C=O) groups excluding carboxylic acids is 1. The third-order valence-electron chi connectivity index (χ3n) is 2.02. The number of carboxylic acid groups (broad SMARTS) is 1. The van der Waals surface area contributed by atoms with Gasteiger partial charge in [0.2, 0.25) is 11.9 Å². The highest BCUT2D eigenvalue weighted by molar-refractivity contribution is 7.90. The summed E-state index contributed by atoms with van der Waals surface area (Å²) < 4.78 is 26.4. The lowest BCUT2D eigenvalue weighted by molar-refractivity contribution is -0.131. The molecule has 21 heavy (non-hydrogen) atoms. The Labute approximate surface area is 120 Å². The maximum absolute atomic E-state index is 11.6. The lowest BCUT2D eigenvalue weighted by Crippen LogP contribution is -2.24. The zero-order valence-corrected chi connectivity index (χ0v) is 11.4. The standard InChI is InChI=1S/C11H12N4O5S/c12-11(13)15-21(19,20)8-3-1-7(2-4-8)14-9(16)5-6-10(17)18/h1-6H,(H,14,16)(H,17,18)(H4,12,13,15)/b6-5+. The number of amides is 1. The Morgan fingerprint density at radius 2 is 1.71 bits per heavy atom. The molecule has 1 amide bonds. The molecular weight excluding hydrogens is 300 g/mol. The molecule has 0 unspecified atom stereocenters. The number of rotatable bonds is 5. The number of guanidine groups is 1. The van der Waals surface area contributed by atoms with Crippen molar-refractivity contribution in [1.29, 1.82) is 0 Å². The van der Waals surface area contributed by atoms with E-state index in [1.807, 2.05) is 0 Å². The second kappa shape index (κ2) is 6.52. The van der Waals surface area contributed by atoms with E-state index in [-0.39, 0.29) is 10.6 Å². The lowest BCUT2D eigenvalue weighted by atomic mass is 10.3. The molecule has 0 radical (unpaired) electrons. The van der Waals surface area contributed by atoms with Crippen LogP contribution in [0.5, 0.6) is 0 Å². The van der Waals surface area contributed by atoms with Gasteiger partial charge in [0.05, 0.1) is 4.90 Å². The van der Waals surface area contributed by atoms with Crippen molar-refractivity contribution in [2.45, 2.75) is 4.90 Å². The molecule has 1 aromatic rings. The number of sulfonamides is 1. The fourth-order valence-corrected chi connectivity index (χ4v) is 2.10. The topological polar surface area (TPSA) is 165 Å². The van der Waals surface area contributed by atoms with E-state index in [9.17, 15) is 18.0 Å². The Morgan fingerprint density at radius 3 is 2.19 bits per heavy atom. The fourth-order valence-electron chi connectivity index (χ4n) is 1.23. The summed E-state index contributed by atoms with van der Waals surface area (Å²) >= 11 is 0. The highest BCUT2D eigenvalue weighted by Crippen LogP contribution is 2.16. The van der Waals surface area contributed by atoms with E-state index in [1.165, 1.54) is 24.3 Å². The van der Waals surface area contributed by atoms with Gasteiger partial charge in [-0.05, 0) is 24.3 Å². The smallest absolute Gasteiger partial charge is 0.328 e. The molecule has 1 rings (SSSR count). The summed E-state index contributed by atoms with van der Waals surface area (Å²) in [6.07, 6.45) is 1.50. The first kappa shape index (κ1) is 16.2. The normalized spacial score (nSPS) is 11.0. The van der Waals surface area contributed by atoms with Crippen molar-refractivity contribution in [2.24, 2.45) is 15.9 Å². The summed E-state index contributed by atoms with van der Waals surface area (Å²) in [7, 11) is -3.99. The second-order valence-corrected chi connectivity index (χ2v) is 5.28. The first-order valence-corrected chi connectivity index (χ1v) is 6.82. The summed E-state index contributed by atoms with van der Waals surface area (Å²) in [4.78, 5) is 21.4. The molecule has 0 saturated heterocycles. The molecule has 0 aliphatic carbocycles. The first-order valence-electron chi connectivity index (χ1n) is 5.38. The van der Waals surface area contributed by atoms with Gasteiger partial charge in [-0.25, -0.2) is 4.79 Å². The average Bonchev–Trinajstić information content (AvgIpc) is 2.35. The predicted octanol–water partition coefficient (Wildman–Crippen LogP) is -0.772. The van der Waals surface area contributed by atoms with Crippen LogP contribution in [0.25, 0.3) is 0 Å². The summed E-state index contributed by atoms with van der Waals surface area (Å²) in [5.41, 5.74) is 10.3. The number of anilines is 1. The van der Waals surface area contributed by atoms with Gasteiger partial charge in [0.25, 0.3) is 10.0 Å². The van der Waals surface area contributed by atoms with Gasteiger partial charge in [0.1, 0.15) is 0 Å². The molecule has 0 bridgehead atoms. The molecule has 0 aliphatic heterocycles. The summed E-state index contributed by atoms with van der Waals surface area (Å²) in [5.74, 6) is -2.52. The summed E-state index contributed by atoms with van der Waals surface area (Å²) in [5, 5.41) is 10.7. The Bertz CT molecular complexity index is 703. The van der Waals surface area contributed by atoms with Crippen molar-refractivity contribution in [3.63, 3.8) is 0 Å². The molecular formula is C11H12N4O5S. The minimum absolute atomic E-state index is 0.157. The van der Waals surface area contributed by atoms with Crippen LogP contribution < -0.4 is 16.8 Å². The molecule has 0 heterocycles.